The summed E-state index contributed by atoms with van der Waals surface area (Å²) in [4.78, 5) is 12.0. The van der Waals surface area contributed by atoms with Crippen molar-refractivity contribution >= 4 is 33.5 Å². The third-order valence-corrected chi connectivity index (χ3v) is 5.21. The Morgan fingerprint density at radius 2 is 1.81 bits per heavy atom. The smallest absolute Gasteiger partial charge is 0.157 e. The van der Waals surface area contributed by atoms with Crippen LogP contribution in [0.25, 0.3) is 27.7 Å². The molecule has 5 rings (SSSR count). The van der Waals surface area contributed by atoms with E-state index in [0.29, 0.717) is 23.3 Å². The SMILES string of the molecule is CC1CN(c2ccc3cc(C#N)c4nc5ccccc5n4c3n2)C[C@H](C)N1. The molecule has 0 saturated carbocycles. The number of imidazole rings is 1. The molecule has 4 aromatic rings. The maximum Gasteiger partial charge on any atom is 0.157 e. The highest BCUT2D eigenvalue weighted by atomic mass is 15.3. The number of piperazine rings is 1. The minimum Gasteiger partial charge on any atom is -0.353 e. The summed E-state index contributed by atoms with van der Waals surface area (Å²) in [7, 11) is 0. The molecule has 6 heteroatoms. The van der Waals surface area contributed by atoms with Crippen LogP contribution in [0.2, 0.25) is 0 Å². The summed E-state index contributed by atoms with van der Waals surface area (Å²) < 4.78 is 2.02. The Morgan fingerprint density at radius 3 is 2.59 bits per heavy atom. The number of pyridine rings is 2. The highest BCUT2D eigenvalue weighted by Gasteiger charge is 2.22. The zero-order chi connectivity index (χ0) is 18.5. The predicted octanol–water partition coefficient (Wildman–Crippen LogP) is 3.09. The molecule has 1 unspecified atom stereocenters. The normalized spacial score (nSPS) is 20.4. The number of nitrogens with one attached hydrogen (secondary N) is 1. The lowest BCUT2D eigenvalue weighted by atomic mass is 10.1. The largest absolute Gasteiger partial charge is 0.353 e. The Labute approximate surface area is 157 Å². The van der Waals surface area contributed by atoms with E-state index in [1.807, 2.05) is 34.7 Å². The van der Waals surface area contributed by atoms with Gasteiger partial charge in [-0.15, -0.1) is 0 Å². The third kappa shape index (κ3) is 2.51. The van der Waals surface area contributed by atoms with E-state index in [0.717, 1.165) is 41.0 Å². The van der Waals surface area contributed by atoms with Crippen molar-refractivity contribution in [3.05, 3.63) is 48.0 Å². The number of para-hydroxylation sites is 2. The van der Waals surface area contributed by atoms with Gasteiger partial charge in [-0.3, -0.25) is 4.40 Å². The minimum atomic E-state index is 0.418. The molecule has 0 bridgehead atoms. The number of hydrogen-bond donors (Lipinski definition) is 1. The maximum absolute atomic E-state index is 9.60. The molecule has 1 fully saturated rings. The number of benzene rings is 1. The van der Waals surface area contributed by atoms with Crippen molar-refractivity contribution in [1.82, 2.24) is 19.7 Å². The van der Waals surface area contributed by atoms with E-state index in [-0.39, 0.29) is 0 Å². The minimum absolute atomic E-state index is 0.418. The fourth-order valence-electron chi connectivity index (χ4n) is 4.15. The van der Waals surface area contributed by atoms with Crippen molar-refractivity contribution in [3.8, 4) is 6.07 Å². The van der Waals surface area contributed by atoms with Crippen LogP contribution in [-0.4, -0.2) is 39.5 Å². The van der Waals surface area contributed by atoms with Gasteiger partial charge < -0.3 is 10.2 Å². The Morgan fingerprint density at radius 1 is 1.04 bits per heavy atom. The summed E-state index contributed by atoms with van der Waals surface area (Å²) in [6, 6.07) is 17.1. The summed E-state index contributed by atoms with van der Waals surface area (Å²) in [6.45, 7) is 6.24. The molecule has 4 heterocycles. The second-order valence-corrected chi connectivity index (χ2v) is 7.39. The molecule has 27 heavy (non-hydrogen) atoms. The monoisotopic (exact) mass is 356 g/mol. The number of anilines is 1. The topological polar surface area (TPSA) is 69.2 Å². The van der Waals surface area contributed by atoms with Gasteiger partial charge >= 0.3 is 0 Å². The van der Waals surface area contributed by atoms with E-state index >= 15 is 0 Å². The summed E-state index contributed by atoms with van der Waals surface area (Å²) in [6.07, 6.45) is 0. The summed E-state index contributed by atoms with van der Waals surface area (Å²) in [5.41, 5.74) is 3.92. The van der Waals surface area contributed by atoms with Gasteiger partial charge in [0, 0.05) is 30.6 Å². The van der Waals surface area contributed by atoms with Crippen molar-refractivity contribution in [2.75, 3.05) is 18.0 Å². The van der Waals surface area contributed by atoms with Gasteiger partial charge in [0.05, 0.1) is 16.6 Å². The van der Waals surface area contributed by atoms with Crippen LogP contribution in [0, 0.1) is 11.3 Å². The lowest BCUT2D eigenvalue weighted by Crippen LogP contribution is -2.54. The van der Waals surface area contributed by atoms with Crippen LogP contribution in [0.3, 0.4) is 0 Å². The molecule has 0 radical (unpaired) electrons. The molecular formula is C21H20N6. The molecule has 1 aliphatic heterocycles. The van der Waals surface area contributed by atoms with E-state index < -0.39 is 0 Å². The first-order valence-corrected chi connectivity index (χ1v) is 9.26. The van der Waals surface area contributed by atoms with E-state index in [2.05, 4.69) is 47.3 Å². The average molecular weight is 356 g/mol. The van der Waals surface area contributed by atoms with Gasteiger partial charge in [0.1, 0.15) is 17.5 Å². The van der Waals surface area contributed by atoms with Gasteiger partial charge in [0.15, 0.2) is 5.65 Å². The lowest BCUT2D eigenvalue weighted by molar-refractivity contribution is 0.405. The molecule has 134 valence electrons. The molecular weight excluding hydrogens is 336 g/mol. The van der Waals surface area contributed by atoms with Crippen LogP contribution >= 0.6 is 0 Å². The molecule has 0 aliphatic carbocycles. The highest BCUT2D eigenvalue weighted by molar-refractivity contribution is 5.91. The first kappa shape index (κ1) is 16.0. The number of fused-ring (bicyclic) bond motifs is 5. The van der Waals surface area contributed by atoms with Crippen molar-refractivity contribution in [2.24, 2.45) is 0 Å². The highest BCUT2D eigenvalue weighted by Crippen LogP contribution is 2.27. The number of aromatic nitrogens is 3. The average Bonchev–Trinajstić information content (AvgIpc) is 3.06. The Hall–Kier alpha value is -3.17. The first-order valence-electron chi connectivity index (χ1n) is 9.26. The number of hydrogen-bond acceptors (Lipinski definition) is 5. The molecule has 0 amide bonds. The fourth-order valence-corrected chi connectivity index (χ4v) is 4.15. The second-order valence-electron chi connectivity index (χ2n) is 7.39. The van der Waals surface area contributed by atoms with Crippen LogP contribution < -0.4 is 10.2 Å². The van der Waals surface area contributed by atoms with Crippen LogP contribution in [0.1, 0.15) is 19.4 Å². The standard InChI is InChI=1S/C21H20N6/c1-13-11-26(12-14(2)23-13)19-8-7-15-9-16(10-22)21-24-17-5-3-4-6-18(17)27(21)20(15)25-19/h3-9,13-14,23H,11-12H2,1-2H3/t13-,14?/m0/s1. The van der Waals surface area contributed by atoms with Gasteiger partial charge in [0.25, 0.3) is 0 Å². The summed E-state index contributed by atoms with van der Waals surface area (Å²) in [5.74, 6) is 0.964. The van der Waals surface area contributed by atoms with Gasteiger partial charge in [-0.2, -0.15) is 5.26 Å². The number of nitriles is 1. The van der Waals surface area contributed by atoms with E-state index in [9.17, 15) is 5.26 Å². The van der Waals surface area contributed by atoms with E-state index in [4.69, 9.17) is 4.98 Å². The summed E-state index contributed by atoms with van der Waals surface area (Å²) >= 11 is 0. The van der Waals surface area contributed by atoms with Gasteiger partial charge in [-0.1, -0.05) is 12.1 Å². The van der Waals surface area contributed by atoms with Crippen LogP contribution in [0.4, 0.5) is 5.82 Å². The van der Waals surface area contributed by atoms with Crippen molar-refractivity contribution in [2.45, 2.75) is 25.9 Å². The number of rotatable bonds is 1. The molecule has 0 spiro atoms. The zero-order valence-corrected chi connectivity index (χ0v) is 15.3. The Balaban J connectivity index is 1.79. The summed E-state index contributed by atoms with van der Waals surface area (Å²) in [5, 5.41) is 14.1. The second kappa shape index (κ2) is 5.93. The first-order chi connectivity index (χ1) is 13.1. The fraction of sp³-hybridized carbons (Fsp3) is 0.286. The van der Waals surface area contributed by atoms with Crippen molar-refractivity contribution in [3.63, 3.8) is 0 Å². The lowest BCUT2D eigenvalue weighted by Gasteiger charge is -2.37. The van der Waals surface area contributed by atoms with Gasteiger partial charge in [0.2, 0.25) is 0 Å². The molecule has 6 nitrogen and oxygen atoms in total. The van der Waals surface area contributed by atoms with Gasteiger partial charge in [-0.05, 0) is 44.2 Å². The quantitative estimate of drug-likeness (QED) is 0.568. The maximum atomic E-state index is 9.60. The van der Waals surface area contributed by atoms with Crippen molar-refractivity contribution in [1.29, 1.82) is 5.26 Å². The van der Waals surface area contributed by atoms with E-state index in [1.54, 1.807) is 0 Å². The van der Waals surface area contributed by atoms with Crippen LogP contribution in [-0.2, 0) is 0 Å². The third-order valence-electron chi connectivity index (χ3n) is 5.21. The molecule has 1 saturated heterocycles. The van der Waals surface area contributed by atoms with Gasteiger partial charge in [-0.25, -0.2) is 9.97 Å². The van der Waals surface area contributed by atoms with E-state index in [1.165, 1.54) is 0 Å². The Kier molecular flexibility index (Phi) is 3.52. The molecule has 1 N–H and O–H groups in total. The van der Waals surface area contributed by atoms with Crippen molar-refractivity contribution < 1.29 is 0 Å². The van der Waals surface area contributed by atoms with Crippen LogP contribution in [0.5, 0.6) is 0 Å². The Bertz CT molecular complexity index is 1210. The molecule has 2 atom stereocenters. The molecule has 3 aromatic heterocycles. The van der Waals surface area contributed by atoms with Crippen LogP contribution in [0.15, 0.2) is 42.5 Å². The number of nitrogens with zero attached hydrogens (tertiary/aromatic N) is 5. The molecule has 1 aromatic carbocycles. The molecule has 1 aliphatic rings. The predicted molar refractivity (Wildman–Crippen MR) is 107 cm³/mol. The zero-order valence-electron chi connectivity index (χ0n) is 15.3.